The second-order valence-electron chi connectivity index (χ2n) is 4.43. The molecule has 0 saturated carbocycles. The first-order valence-corrected chi connectivity index (χ1v) is 5.78. The van der Waals surface area contributed by atoms with Gasteiger partial charge in [0.15, 0.2) is 11.8 Å². The van der Waals surface area contributed by atoms with E-state index in [1.54, 1.807) is 13.2 Å². The quantitative estimate of drug-likeness (QED) is 0.537. The minimum Gasteiger partial charge on any atom is -0.618 e. The van der Waals surface area contributed by atoms with Crippen LogP contribution in [0.15, 0.2) is 12.3 Å². The first-order chi connectivity index (χ1) is 8.27. The van der Waals surface area contributed by atoms with Gasteiger partial charge in [-0.15, -0.1) is 0 Å². The van der Waals surface area contributed by atoms with Crippen LogP contribution in [0.2, 0.25) is 0 Å². The molecule has 1 aromatic rings. The normalized spacial score (nSPS) is 21.5. The van der Waals surface area contributed by atoms with Crippen LogP contribution in [0, 0.1) is 5.21 Å². The van der Waals surface area contributed by atoms with Gasteiger partial charge in [-0.05, 0) is 0 Å². The lowest BCUT2D eigenvalue weighted by Crippen LogP contribution is -2.44. The van der Waals surface area contributed by atoms with Crippen LogP contribution in [0.1, 0.15) is 24.1 Å². The number of aromatic nitrogens is 1. The van der Waals surface area contributed by atoms with Crippen LogP contribution in [0.4, 0.5) is 0 Å². The molecule has 5 nitrogen and oxygen atoms in total. The average molecular weight is 237 g/mol. The molecule has 0 radical (unpaired) electrons. The fraction of sp³-hybridized carbons (Fsp3) is 0.583. The summed E-state index contributed by atoms with van der Waals surface area (Å²) in [5, 5.41) is 12.0. The fourth-order valence-corrected chi connectivity index (χ4v) is 2.73. The highest BCUT2D eigenvalue weighted by Gasteiger charge is 2.49. The van der Waals surface area contributed by atoms with Gasteiger partial charge in [0, 0.05) is 32.1 Å². The number of ether oxygens (including phenoxy) is 3. The lowest BCUT2D eigenvalue weighted by Gasteiger charge is -2.30. The summed E-state index contributed by atoms with van der Waals surface area (Å²) in [5.74, 6) is 0.732. The zero-order valence-electron chi connectivity index (χ0n) is 9.77. The van der Waals surface area contributed by atoms with Crippen molar-refractivity contribution < 1.29 is 18.9 Å². The Morgan fingerprint density at radius 1 is 1.41 bits per heavy atom. The van der Waals surface area contributed by atoms with E-state index in [0.29, 0.717) is 25.5 Å². The molecule has 17 heavy (non-hydrogen) atoms. The van der Waals surface area contributed by atoms with Crippen molar-refractivity contribution in [1.82, 2.24) is 0 Å². The lowest BCUT2D eigenvalue weighted by atomic mass is 9.89. The predicted molar refractivity (Wildman–Crippen MR) is 58.5 cm³/mol. The van der Waals surface area contributed by atoms with E-state index < -0.39 is 5.60 Å². The molecular formula is C12H15NO4. The Morgan fingerprint density at radius 3 is 2.88 bits per heavy atom. The van der Waals surface area contributed by atoms with Crippen LogP contribution in [0.3, 0.4) is 0 Å². The fourth-order valence-electron chi connectivity index (χ4n) is 2.73. The molecule has 0 aliphatic carbocycles. The third-order valence-corrected chi connectivity index (χ3v) is 3.61. The zero-order chi connectivity index (χ0) is 11.9. The maximum atomic E-state index is 12.0. The van der Waals surface area contributed by atoms with Crippen LogP contribution in [0.5, 0.6) is 5.75 Å². The molecule has 3 rings (SSSR count). The Kier molecular flexibility index (Phi) is 2.45. The topological polar surface area (TPSA) is 54.6 Å². The van der Waals surface area contributed by atoms with Crippen molar-refractivity contribution in [3.63, 3.8) is 0 Å². The number of hydrogen-bond donors (Lipinski definition) is 0. The minimum atomic E-state index is -0.468. The highest BCUT2D eigenvalue weighted by Crippen LogP contribution is 2.44. The molecule has 1 saturated heterocycles. The molecule has 0 unspecified atom stereocenters. The summed E-state index contributed by atoms with van der Waals surface area (Å²) < 4.78 is 17.4. The third kappa shape index (κ3) is 1.50. The van der Waals surface area contributed by atoms with Crippen molar-refractivity contribution in [1.29, 1.82) is 0 Å². The van der Waals surface area contributed by atoms with Gasteiger partial charge in [-0.25, -0.2) is 0 Å². The first-order valence-electron chi connectivity index (χ1n) is 5.78. The summed E-state index contributed by atoms with van der Waals surface area (Å²) >= 11 is 0. The van der Waals surface area contributed by atoms with Crippen molar-refractivity contribution in [2.24, 2.45) is 0 Å². The van der Waals surface area contributed by atoms with Gasteiger partial charge >= 0.3 is 0 Å². The van der Waals surface area contributed by atoms with Crippen LogP contribution in [-0.2, 0) is 21.7 Å². The highest BCUT2D eigenvalue weighted by atomic mass is 16.5. The molecule has 92 valence electrons. The number of nitrogens with zero attached hydrogens (tertiary/aromatic N) is 1. The van der Waals surface area contributed by atoms with Crippen molar-refractivity contribution in [3.8, 4) is 5.75 Å². The molecule has 0 N–H and O–H groups in total. The Morgan fingerprint density at radius 2 is 2.18 bits per heavy atom. The molecule has 1 aromatic heterocycles. The lowest BCUT2D eigenvalue weighted by molar-refractivity contribution is -0.622. The first kappa shape index (κ1) is 10.8. The van der Waals surface area contributed by atoms with E-state index in [-0.39, 0.29) is 0 Å². The van der Waals surface area contributed by atoms with Crippen molar-refractivity contribution in [2.75, 3.05) is 20.3 Å². The Balaban J connectivity index is 2.12. The standard InChI is InChI=1S/C12H15NO4/c1-15-10-2-5-13(14)11-9(10)8-17-12(11)3-6-16-7-4-12/h2,5H,3-4,6-8H2,1H3. The number of rotatable bonds is 1. The summed E-state index contributed by atoms with van der Waals surface area (Å²) in [7, 11) is 1.61. The molecule has 0 bridgehead atoms. The summed E-state index contributed by atoms with van der Waals surface area (Å²) in [6.07, 6.45) is 2.95. The number of fused-ring (bicyclic) bond motifs is 2. The largest absolute Gasteiger partial charge is 0.618 e. The molecule has 0 aromatic carbocycles. The highest BCUT2D eigenvalue weighted by molar-refractivity contribution is 5.38. The molecule has 0 atom stereocenters. The van der Waals surface area contributed by atoms with Crippen molar-refractivity contribution in [3.05, 3.63) is 28.7 Å². The minimum absolute atomic E-state index is 0.446. The van der Waals surface area contributed by atoms with E-state index in [0.717, 1.165) is 28.9 Å². The van der Waals surface area contributed by atoms with E-state index in [9.17, 15) is 5.21 Å². The number of pyridine rings is 1. The molecule has 2 aliphatic rings. The molecule has 1 fully saturated rings. The molecular weight excluding hydrogens is 222 g/mol. The van der Waals surface area contributed by atoms with Gasteiger partial charge < -0.3 is 19.4 Å². The van der Waals surface area contributed by atoms with Gasteiger partial charge in [0.2, 0.25) is 5.69 Å². The Labute approximate surface area is 99.5 Å². The Hall–Kier alpha value is -1.33. The maximum absolute atomic E-state index is 12.0. The molecule has 5 heteroatoms. The molecule has 3 heterocycles. The molecule has 1 spiro atoms. The van der Waals surface area contributed by atoms with Gasteiger partial charge in [-0.1, -0.05) is 0 Å². The SMILES string of the molecule is COc1cc[n+]([O-])c2c1COC21CCOCC1. The van der Waals surface area contributed by atoms with E-state index >= 15 is 0 Å². The smallest absolute Gasteiger partial charge is 0.234 e. The summed E-state index contributed by atoms with van der Waals surface area (Å²) in [6, 6.07) is 1.69. The van der Waals surface area contributed by atoms with E-state index in [2.05, 4.69) is 0 Å². The second kappa shape index (κ2) is 3.85. The van der Waals surface area contributed by atoms with Crippen LogP contribution >= 0.6 is 0 Å². The van der Waals surface area contributed by atoms with Gasteiger partial charge in [-0.3, -0.25) is 0 Å². The van der Waals surface area contributed by atoms with Crippen molar-refractivity contribution >= 4 is 0 Å². The summed E-state index contributed by atoms with van der Waals surface area (Å²) in [4.78, 5) is 0. The summed E-state index contributed by atoms with van der Waals surface area (Å²) in [6.45, 7) is 1.72. The molecule has 2 aliphatic heterocycles. The number of methoxy groups -OCH3 is 1. The monoisotopic (exact) mass is 237 g/mol. The predicted octanol–water partition coefficient (Wildman–Crippen LogP) is 0.864. The van der Waals surface area contributed by atoms with Gasteiger partial charge in [0.05, 0.1) is 19.3 Å². The summed E-state index contributed by atoms with van der Waals surface area (Å²) in [5.41, 5.74) is 1.12. The van der Waals surface area contributed by atoms with Crippen LogP contribution in [0.25, 0.3) is 0 Å². The Bertz CT molecular complexity index is 440. The van der Waals surface area contributed by atoms with Crippen molar-refractivity contribution in [2.45, 2.75) is 25.0 Å². The number of hydrogen-bond acceptors (Lipinski definition) is 4. The molecule has 0 amide bonds. The van der Waals surface area contributed by atoms with Crippen LogP contribution in [-0.4, -0.2) is 20.3 Å². The van der Waals surface area contributed by atoms with E-state index in [4.69, 9.17) is 14.2 Å². The maximum Gasteiger partial charge on any atom is 0.234 e. The zero-order valence-corrected chi connectivity index (χ0v) is 9.77. The van der Waals surface area contributed by atoms with Gasteiger partial charge in [-0.2, -0.15) is 4.73 Å². The third-order valence-electron chi connectivity index (χ3n) is 3.61. The van der Waals surface area contributed by atoms with E-state index in [1.807, 2.05) is 0 Å². The van der Waals surface area contributed by atoms with Gasteiger partial charge in [0.25, 0.3) is 0 Å². The van der Waals surface area contributed by atoms with Gasteiger partial charge in [0.1, 0.15) is 5.75 Å². The van der Waals surface area contributed by atoms with Crippen LogP contribution < -0.4 is 9.47 Å². The second-order valence-corrected chi connectivity index (χ2v) is 4.43. The van der Waals surface area contributed by atoms with E-state index in [1.165, 1.54) is 6.20 Å². The average Bonchev–Trinajstić information content (AvgIpc) is 2.71.